The fourth-order valence-corrected chi connectivity index (χ4v) is 3.01. The number of aliphatic hydroxyl groups excluding tert-OH is 1. The number of nitrogens with zero attached hydrogens (tertiary/aromatic N) is 1. The van der Waals surface area contributed by atoms with Crippen LogP contribution in [0, 0.1) is 6.92 Å². The minimum Gasteiger partial charge on any atom is -0.392 e. The third-order valence-corrected chi connectivity index (χ3v) is 4.31. The summed E-state index contributed by atoms with van der Waals surface area (Å²) in [5.74, 6) is 0. The molecule has 122 valence electrons. The monoisotopic (exact) mass is 303 g/mol. The third-order valence-electron chi connectivity index (χ3n) is 4.31. The quantitative estimate of drug-likeness (QED) is 0.711. The summed E-state index contributed by atoms with van der Waals surface area (Å²) in [5.41, 5.74) is 2.64. The molecule has 22 heavy (non-hydrogen) atoms. The van der Waals surface area contributed by atoms with Gasteiger partial charge in [-0.05, 0) is 43.7 Å². The highest BCUT2D eigenvalue weighted by atomic mass is 16.5. The molecule has 0 amide bonds. The summed E-state index contributed by atoms with van der Waals surface area (Å²) < 4.78 is 5.77. The van der Waals surface area contributed by atoms with E-state index in [4.69, 9.17) is 4.74 Å². The van der Waals surface area contributed by atoms with Crippen molar-refractivity contribution < 1.29 is 9.84 Å². The maximum atomic E-state index is 10.2. The fourth-order valence-electron chi connectivity index (χ4n) is 3.01. The van der Waals surface area contributed by atoms with E-state index in [1.165, 1.54) is 11.1 Å². The normalized spacial score (nSPS) is 19.5. The maximum Gasteiger partial charge on any atom is 0.0702 e. The van der Waals surface area contributed by atoms with Crippen LogP contribution in [0.3, 0.4) is 0 Å². The smallest absolute Gasteiger partial charge is 0.0702 e. The highest BCUT2D eigenvalue weighted by Gasteiger charge is 2.21. The molecule has 1 aromatic carbocycles. The predicted octanol–water partition coefficient (Wildman–Crippen LogP) is 3.30. The predicted molar refractivity (Wildman–Crippen MR) is 90.9 cm³/mol. The summed E-state index contributed by atoms with van der Waals surface area (Å²) in [6.07, 6.45) is 5.81. The van der Waals surface area contributed by atoms with Gasteiger partial charge in [0.1, 0.15) is 0 Å². The van der Waals surface area contributed by atoms with Crippen LogP contribution in [0.2, 0.25) is 0 Å². The highest BCUT2D eigenvalue weighted by molar-refractivity contribution is 5.25. The van der Waals surface area contributed by atoms with E-state index in [1.54, 1.807) is 0 Å². The van der Waals surface area contributed by atoms with Crippen LogP contribution in [0.5, 0.6) is 0 Å². The van der Waals surface area contributed by atoms with Crippen LogP contribution in [-0.2, 0) is 11.3 Å². The Labute approximate surface area is 134 Å². The van der Waals surface area contributed by atoms with E-state index in [0.29, 0.717) is 12.6 Å². The van der Waals surface area contributed by atoms with E-state index in [1.807, 2.05) is 6.08 Å². The summed E-state index contributed by atoms with van der Waals surface area (Å²) in [6, 6.07) is 8.48. The minimum atomic E-state index is -0.302. The van der Waals surface area contributed by atoms with Crippen LogP contribution >= 0.6 is 0 Å². The van der Waals surface area contributed by atoms with Crippen molar-refractivity contribution in [1.29, 1.82) is 0 Å². The minimum absolute atomic E-state index is 0.302. The second-order valence-corrected chi connectivity index (χ2v) is 6.28. The van der Waals surface area contributed by atoms with Crippen molar-refractivity contribution in [2.45, 2.75) is 51.4 Å². The molecule has 1 aliphatic rings. The van der Waals surface area contributed by atoms with Crippen molar-refractivity contribution in [3.05, 3.63) is 48.0 Å². The highest BCUT2D eigenvalue weighted by Crippen LogP contribution is 2.17. The number of rotatable bonds is 9. The summed E-state index contributed by atoms with van der Waals surface area (Å²) in [7, 11) is 0. The standard InChI is InChI=1S/C19H29NO2/c1-3-4-10-18(21)14-20(15-19-11-7-12-22-19)13-17-9-6-5-8-16(17)2/h3,5-6,8-9,18-19,21H,1,4,7,10-15H2,2H3. The second kappa shape index (κ2) is 9.09. The number of benzene rings is 1. The van der Waals surface area contributed by atoms with E-state index in [0.717, 1.165) is 45.4 Å². The number of hydrogen-bond donors (Lipinski definition) is 1. The lowest BCUT2D eigenvalue weighted by atomic mass is 10.1. The molecule has 0 aromatic heterocycles. The van der Waals surface area contributed by atoms with E-state index in [9.17, 15) is 5.11 Å². The zero-order valence-corrected chi connectivity index (χ0v) is 13.7. The molecule has 2 atom stereocenters. The third kappa shape index (κ3) is 5.56. The lowest BCUT2D eigenvalue weighted by Crippen LogP contribution is -2.37. The summed E-state index contributed by atoms with van der Waals surface area (Å²) >= 11 is 0. The molecule has 0 bridgehead atoms. The van der Waals surface area contributed by atoms with Gasteiger partial charge in [-0.3, -0.25) is 4.90 Å². The number of aryl methyl sites for hydroxylation is 1. The SMILES string of the molecule is C=CCCC(O)CN(Cc1ccccc1C)CC1CCCO1. The first-order valence-corrected chi connectivity index (χ1v) is 8.36. The molecule has 1 fully saturated rings. The number of aliphatic hydroxyl groups is 1. The zero-order chi connectivity index (χ0) is 15.8. The zero-order valence-electron chi connectivity index (χ0n) is 13.7. The average Bonchev–Trinajstić information content (AvgIpc) is 3.00. The van der Waals surface area contributed by atoms with Crippen molar-refractivity contribution in [1.82, 2.24) is 4.90 Å². The van der Waals surface area contributed by atoms with Gasteiger partial charge >= 0.3 is 0 Å². The Bertz CT molecular complexity index is 455. The molecule has 1 N–H and O–H groups in total. The van der Waals surface area contributed by atoms with E-state index in [-0.39, 0.29) is 6.10 Å². The Morgan fingerprint density at radius 2 is 2.27 bits per heavy atom. The fraction of sp³-hybridized carbons (Fsp3) is 0.579. The van der Waals surface area contributed by atoms with Crippen LogP contribution in [0.15, 0.2) is 36.9 Å². The van der Waals surface area contributed by atoms with Crippen molar-refractivity contribution >= 4 is 0 Å². The van der Waals surface area contributed by atoms with Crippen molar-refractivity contribution in [3.63, 3.8) is 0 Å². The molecule has 2 unspecified atom stereocenters. The molecule has 0 radical (unpaired) electrons. The number of allylic oxidation sites excluding steroid dienone is 1. The first-order valence-electron chi connectivity index (χ1n) is 8.36. The Morgan fingerprint density at radius 1 is 1.45 bits per heavy atom. The van der Waals surface area contributed by atoms with Gasteiger partial charge in [0.25, 0.3) is 0 Å². The lowest BCUT2D eigenvalue weighted by molar-refractivity contribution is 0.0444. The Morgan fingerprint density at radius 3 is 2.95 bits per heavy atom. The van der Waals surface area contributed by atoms with Crippen LogP contribution in [0.1, 0.15) is 36.8 Å². The first kappa shape index (κ1) is 17.2. The molecule has 1 heterocycles. The van der Waals surface area contributed by atoms with E-state index >= 15 is 0 Å². The summed E-state index contributed by atoms with van der Waals surface area (Å²) in [6.45, 7) is 9.22. The average molecular weight is 303 g/mol. The molecule has 1 saturated heterocycles. The molecule has 1 aliphatic heterocycles. The van der Waals surface area contributed by atoms with E-state index in [2.05, 4.69) is 42.7 Å². The van der Waals surface area contributed by atoms with Gasteiger partial charge in [-0.2, -0.15) is 0 Å². The van der Waals surface area contributed by atoms with Crippen LogP contribution in [0.4, 0.5) is 0 Å². The van der Waals surface area contributed by atoms with Gasteiger partial charge in [-0.1, -0.05) is 30.3 Å². The summed E-state index contributed by atoms with van der Waals surface area (Å²) in [4.78, 5) is 2.34. The molecular weight excluding hydrogens is 274 g/mol. The molecular formula is C19H29NO2. The molecule has 0 aliphatic carbocycles. The molecule has 1 aromatic rings. The largest absolute Gasteiger partial charge is 0.392 e. The topological polar surface area (TPSA) is 32.7 Å². The van der Waals surface area contributed by atoms with Crippen LogP contribution in [-0.4, -0.2) is 41.9 Å². The Balaban J connectivity index is 1.96. The van der Waals surface area contributed by atoms with Gasteiger partial charge in [0.15, 0.2) is 0 Å². The summed E-state index contributed by atoms with van der Waals surface area (Å²) in [5, 5.41) is 10.2. The van der Waals surface area contributed by atoms with Gasteiger partial charge in [0.05, 0.1) is 12.2 Å². The second-order valence-electron chi connectivity index (χ2n) is 6.28. The van der Waals surface area contributed by atoms with Crippen molar-refractivity contribution in [2.75, 3.05) is 19.7 Å². The molecule has 3 nitrogen and oxygen atoms in total. The molecule has 0 saturated carbocycles. The van der Waals surface area contributed by atoms with Gasteiger partial charge in [0, 0.05) is 26.2 Å². The Hall–Kier alpha value is -1.16. The molecule has 3 heteroatoms. The lowest BCUT2D eigenvalue weighted by Gasteiger charge is -2.28. The van der Waals surface area contributed by atoms with Crippen molar-refractivity contribution in [2.24, 2.45) is 0 Å². The van der Waals surface area contributed by atoms with Gasteiger partial charge in [-0.25, -0.2) is 0 Å². The van der Waals surface area contributed by atoms with Gasteiger partial charge in [0.2, 0.25) is 0 Å². The number of ether oxygens (including phenoxy) is 1. The Kier molecular flexibility index (Phi) is 7.10. The number of hydrogen-bond acceptors (Lipinski definition) is 3. The van der Waals surface area contributed by atoms with Gasteiger partial charge < -0.3 is 9.84 Å². The van der Waals surface area contributed by atoms with Crippen LogP contribution in [0.25, 0.3) is 0 Å². The first-order chi connectivity index (χ1) is 10.7. The molecule has 2 rings (SSSR count). The van der Waals surface area contributed by atoms with Crippen LogP contribution < -0.4 is 0 Å². The van der Waals surface area contributed by atoms with Gasteiger partial charge in [-0.15, -0.1) is 6.58 Å². The van der Waals surface area contributed by atoms with E-state index < -0.39 is 0 Å². The molecule has 0 spiro atoms. The van der Waals surface area contributed by atoms with Crippen molar-refractivity contribution in [3.8, 4) is 0 Å². The maximum absolute atomic E-state index is 10.2.